The Morgan fingerprint density at radius 3 is 2.50 bits per heavy atom. The molecule has 0 amide bonds. The molecule has 0 radical (unpaired) electrons. The molecule has 16 heavy (non-hydrogen) atoms. The molecule has 1 aromatic heterocycles. The Bertz CT molecular complexity index is 673. The molecule has 84 valence electrons. The molecule has 0 bridgehead atoms. The lowest BCUT2D eigenvalue weighted by Gasteiger charge is -2.03. The highest BCUT2D eigenvalue weighted by Crippen LogP contribution is 2.28. The van der Waals surface area contributed by atoms with Crippen LogP contribution in [0.3, 0.4) is 0 Å². The predicted octanol–water partition coefficient (Wildman–Crippen LogP) is 3.69. The maximum Gasteiger partial charge on any atom is 0.262 e. The Hall–Kier alpha value is -0.170. The van der Waals surface area contributed by atoms with Crippen molar-refractivity contribution in [1.82, 2.24) is 4.98 Å². The van der Waals surface area contributed by atoms with Crippen LogP contribution in [0.2, 0.25) is 0 Å². The van der Waals surface area contributed by atoms with Crippen LogP contribution in [0, 0.1) is 0 Å². The van der Waals surface area contributed by atoms with Crippen molar-refractivity contribution in [3.05, 3.63) is 33.3 Å². The quantitative estimate of drug-likeness (QED) is 0.704. The van der Waals surface area contributed by atoms with E-state index in [0.29, 0.717) is 10.9 Å². The fraction of sp³-hybridized carbons (Fsp3) is 0. The molecule has 0 N–H and O–H groups in total. The Labute approximate surface area is 114 Å². The second-order valence-electron chi connectivity index (χ2n) is 3.07. The number of nitrogens with zero attached hydrogens (tertiary/aromatic N) is 1. The Morgan fingerprint density at radius 2 is 1.88 bits per heavy atom. The first-order valence-corrected chi connectivity index (χ1v) is 7.97. The van der Waals surface area contributed by atoms with E-state index in [9.17, 15) is 8.42 Å². The molecule has 0 saturated carbocycles. The van der Waals surface area contributed by atoms with E-state index in [2.05, 4.69) is 36.8 Å². The minimum Gasteiger partial charge on any atom is -0.254 e. The molecule has 0 atom stereocenters. The largest absolute Gasteiger partial charge is 0.262 e. The Morgan fingerprint density at radius 1 is 1.19 bits per heavy atom. The number of hydrogen-bond donors (Lipinski definition) is 0. The van der Waals surface area contributed by atoms with Gasteiger partial charge in [0, 0.05) is 31.2 Å². The molecule has 2 aromatic rings. The van der Waals surface area contributed by atoms with Crippen molar-refractivity contribution in [2.75, 3.05) is 0 Å². The maximum atomic E-state index is 11.1. The smallest absolute Gasteiger partial charge is 0.254 e. The van der Waals surface area contributed by atoms with Gasteiger partial charge in [0.1, 0.15) is 4.90 Å². The average Bonchev–Trinajstić information content (AvgIpc) is 2.15. The number of halogens is 3. The summed E-state index contributed by atoms with van der Waals surface area (Å²) in [4.78, 5) is 4.05. The van der Waals surface area contributed by atoms with Gasteiger partial charge >= 0.3 is 0 Å². The number of hydrogen-bond acceptors (Lipinski definition) is 3. The first-order chi connectivity index (χ1) is 7.38. The lowest BCUT2D eigenvalue weighted by atomic mass is 10.2. The molecule has 1 aromatic carbocycles. The molecule has 2 rings (SSSR count). The summed E-state index contributed by atoms with van der Waals surface area (Å²) >= 11 is 6.67. The van der Waals surface area contributed by atoms with Crippen LogP contribution in [0.4, 0.5) is 0 Å². The number of fused-ring (bicyclic) bond motifs is 1. The SMILES string of the molecule is O=S(=O)(Cl)c1cnc2c(Br)cc(Br)cc2c1. The molecule has 3 nitrogen and oxygen atoms in total. The third-order valence-electron chi connectivity index (χ3n) is 1.96. The summed E-state index contributed by atoms with van der Waals surface area (Å²) in [6, 6.07) is 5.10. The zero-order chi connectivity index (χ0) is 11.9. The molecule has 0 fully saturated rings. The highest BCUT2D eigenvalue weighted by Gasteiger charge is 2.12. The van der Waals surface area contributed by atoms with Crippen LogP contribution in [0.5, 0.6) is 0 Å². The molecule has 0 aliphatic rings. The van der Waals surface area contributed by atoms with Crippen molar-refractivity contribution in [3.8, 4) is 0 Å². The molecule has 0 unspecified atom stereocenters. The minimum atomic E-state index is -3.74. The molecule has 1 heterocycles. The molecule has 0 aliphatic carbocycles. The van der Waals surface area contributed by atoms with Crippen LogP contribution >= 0.6 is 42.5 Å². The summed E-state index contributed by atoms with van der Waals surface area (Å²) in [5.74, 6) is 0. The van der Waals surface area contributed by atoms with Gasteiger partial charge in [-0.3, -0.25) is 4.98 Å². The molecule has 7 heteroatoms. The average molecular weight is 385 g/mol. The first kappa shape index (κ1) is 12.3. The van der Waals surface area contributed by atoms with E-state index in [1.165, 1.54) is 12.3 Å². The lowest BCUT2D eigenvalue weighted by Crippen LogP contribution is -1.92. The zero-order valence-electron chi connectivity index (χ0n) is 7.62. The summed E-state index contributed by atoms with van der Waals surface area (Å²) in [6.45, 7) is 0. The van der Waals surface area contributed by atoms with E-state index in [1.807, 2.05) is 6.07 Å². The van der Waals surface area contributed by atoms with Crippen molar-refractivity contribution in [1.29, 1.82) is 0 Å². The Balaban J connectivity index is 2.81. The minimum absolute atomic E-state index is 0.00772. The van der Waals surface area contributed by atoms with E-state index >= 15 is 0 Å². The second-order valence-corrected chi connectivity index (χ2v) is 7.40. The Kier molecular flexibility index (Phi) is 3.27. The summed E-state index contributed by atoms with van der Waals surface area (Å²) in [7, 11) is 1.51. The van der Waals surface area contributed by atoms with E-state index in [1.54, 1.807) is 6.07 Å². The molecular weight excluding hydrogens is 381 g/mol. The zero-order valence-corrected chi connectivity index (χ0v) is 12.4. The second kappa shape index (κ2) is 4.25. The van der Waals surface area contributed by atoms with Gasteiger partial charge in [0.05, 0.1) is 5.52 Å². The van der Waals surface area contributed by atoms with Gasteiger partial charge in [-0.2, -0.15) is 0 Å². The lowest BCUT2D eigenvalue weighted by molar-refractivity contribution is 0.609. The van der Waals surface area contributed by atoms with Crippen LogP contribution in [-0.2, 0) is 9.05 Å². The van der Waals surface area contributed by atoms with Gasteiger partial charge < -0.3 is 0 Å². The third-order valence-corrected chi connectivity index (χ3v) is 4.34. The highest BCUT2D eigenvalue weighted by atomic mass is 79.9. The van der Waals surface area contributed by atoms with Gasteiger partial charge in [-0.1, -0.05) is 15.9 Å². The van der Waals surface area contributed by atoms with Crippen molar-refractivity contribution < 1.29 is 8.42 Å². The van der Waals surface area contributed by atoms with Gasteiger partial charge in [0.25, 0.3) is 9.05 Å². The van der Waals surface area contributed by atoms with Crippen molar-refractivity contribution >= 4 is 62.5 Å². The van der Waals surface area contributed by atoms with Gasteiger partial charge in [0.15, 0.2) is 0 Å². The maximum absolute atomic E-state index is 11.1. The van der Waals surface area contributed by atoms with E-state index in [-0.39, 0.29) is 4.90 Å². The third kappa shape index (κ3) is 2.40. The van der Waals surface area contributed by atoms with Crippen molar-refractivity contribution in [2.45, 2.75) is 4.90 Å². The summed E-state index contributed by atoms with van der Waals surface area (Å²) in [5.41, 5.74) is 0.687. The van der Waals surface area contributed by atoms with Crippen molar-refractivity contribution in [2.24, 2.45) is 0 Å². The van der Waals surface area contributed by atoms with Crippen molar-refractivity contribution in [3.63, 3.8) is 0 Å². The van der Waals surface area contributed by atoms with Crippen LogP contribution in [0.1, 0.15) is 0 Å². The van der Waals surface area contributed by atoms with Crippen LogP contribution in [0.15, 0.2) is 38.2 Å². The van der Waals surface area contributed by atoms with Gasteiger partial charge in [0.2, 0.25) is 0 Å². The fourth-order valence-corrected chi connectivity index (χ4v) is 3.34. The first-order valence-electron chi connectivity index (χ1n) is 4.07. The van der Waals surface area contributed by atoms with Gasteiger partial charge in [-0.15, -0.1) is 0 Å². The summed E-state index contributed by atoms with van der Waals surface area (Å²) in [6.07, 6.45) is 1.24. The highest BCUT2D eigenvalue weighted by molar-refractivity contribution is 9.11. The normalized spacial score (nSPS) is 11.9. The monoisotopic (exact) mass is 383 g/mol. The number of aromatic nitrogens is 1. The number of rotatable bonds is 1. The van der Waals surface area contributed by atoms with E-state index < -0.39 is 9.05 Å². The van der Waals surface area contributed by atoms with E-state index in [0.717, 1.165) is 8.95 Å². The number of benzene rings is 1. The van der Waals surface area contributed by atoms with E-state index in [4.69, 9.17) is 10.7 Å². The van der Waals surface area contributed by atoms with Crippen LogP contribution in [-0.4, -0.2) is 13.4 Å². The topological polar surface area (TPSA) is 47.0 Å². The van der Waals surface area contributed by atoms with Gasteiger partial charge in [-0.05, 0) is 34.1 Å². The standard InChI is InChI=1S/C9H4Br2ClNO2S/c10-6-1-5-2-7(16(12,14)15)4-13-9(5)8(11)3-6/h1-4H. The summed E-state index contributed by atoms with van der Waals surface area (Å²) in [5, 5.41) is 0.697. The molecule has 0 spiro atoms. The van der Waals surface area contributed by atoms with Crippen LogP contribution < -0.4 is 0 Å². The molecule has 0 aliphatic heterocycles. The predicted molar refractivity (Wildman–Crippen MR) is 70.2 cm³/mol. The van der Waals surface area contributed by atoms with Crippen LogP contribution in [0.25, 0.3) is 10.9 Å². The fourth-order valence-electron chi connectivity index (χ4n) is 1.28. The van der Waals surface area contributed by atoms with Gasteiger partial charge in [-0.25, -0.2) is 8.42 Å². The summed E-state index contributed by atoms with van der Waals surface area (Å²) < 4.78 is 23.9. The molecule has 0 saturated heterocycles. The molecular formula is C9H4Br2ClNO2S. The number of pyridine rings is 1.